The molecule has 0 bridgehead atoms. The number of pyridine rings is 1. The van der Waals surface area contributed by atoms with Crippen LogP contribution in [-0.4, -0.2) is 60.7 Å². The van der Waals surface area contributed by atoms with Gasteiger partial charge in [0, 0.05) is 36.5 Å². The van der Waals surface area contributed by atoms with Gasteiger partial charge in [0.1, 0.15) is 12.4 Å². The Hall–Kier alpha value is -3.23. The van der Waals surface area contributed by atoms with Crippen LogP contribution in [0.2, 0.25) is 5.02 Å². The van der Waals surface area contributed by atoms with Crippen molar-refractivity contribution in [3.63, 3.8) is 0 Å². The molecule has 0 unspecified atom stereocenters. The van der Waals surface area contributed by atoms with Crippen molar-refractivity contribution in [3.05, 3.63) is 52.9 Å². The Labute approximate surface area is 197 Å². The number of nitrogens with zero attached hydrogens (tertiary/aromatic N) is 2. The van der Waals surface area contributed by atoms with Crippen molar-refractivity contribution in [1.82, 2.24) is 20.2 Å². The number of H-pyrrole nitrogens is 1. The number of hydrogen-bond donors (Lipinski definition) is 3. The molecule has 5 rings (SSSR count). The summed E-state index contributed by atoms with van der Waals surface area (Å²) in [4.78, 5) is 22.9. The van der Waals surface area contributed by atoms with Gasteiger partial charge < -0.3 is 25.1 Å². The predicted octanol–water partition coefficient (Wildman–Crippen LogP) is 3.85. The number of rotatable bonds is 7. The first-order valence-corrected chi connectivity index (χ1v) is 11.3. The lowest BCUT2D eigenvalue weighted by Gasteiger charge is -2.37. The summed E-state index contributed by atoms with van der Waals surface area (Å²) in [5, 5.41) is 6.83. The number of anilines is 2. The van der Waals surface area contributed by atoms with Gasteiger partial charge in [0.25, 0.3) is 5.91 Å². The third-order valence-corrected chi connectivity index (χ3v) is 6.62. The summed E-state index contributed by atoms with van der Waals surface area (Å²) in [6.45, 7) is 2.25. The molecule has 3 N–H and O–H groups in total. The van der Waals surface area contributed by atoms with Crippen LogP contribution in [0.3, 0.4) is 0 Å². The van der Waals surface area contributed by atoms with Crippen LogP contribution in [0.5, 0.6) is 11.5 Å². The number of likely N-dealkylation sites (N-methyl/N-ethyl adjacent to an activating group) is 1. The molecule has 1 atom stereocenters. The zero-order chi connectivity index (χ0) is 22.9. The maximum atomic E-state index is 12.9. The SMILES string of the molecule is COc1c(Cl)cccc1Nc1c(-c2ccncc2OC[C@@H]2CCN2C)[nH]c2c1C(=O)NCC2. The van der Waals surface area contributed by atoms with E-state index >= 15 is 0 Å². The van der Waals surface area contributed by atoms with Crippen LogP contribution < -0.4 is 20.1 Å². The lowest BCUT2D eigenvalue weighted by Crippen LogP contribution is -2.48. The Morgan fingerprint density at radius 1 is 1.33 bits per heavy atom. The van der Waals surface area contributed by atoms with Gasteiger partial charge >= 0.3 is 0 Å². The Kier molecular flexibility index (Phi) is 5.86. The number of nitrogens with one attached hydrogen (secondary N) is 3. The maximum Gasteiger partial charge on any atom is 0.255 e. The first-order valence-electron chi connectivity index (χ1n) is 11.0. The normalized spacial score (nSPS) is 17.7. The highest BCUT2D eigenvalue weighted by Gasteiger charge is 2.29. The highest BCUT2D eigenvalue weighted by atomic mass is 35.5. The minimum Gasteiger partial charge on any atom is -0.493 e. The van der Waals surface area contributed by atoms with Crippen molar-refractivity contribution in [2.45, 2.75) is 18.9 Å². The molecule has 1 amide bonds. The summed E-state index contributed by atoms with van der Waals surface area (Å²) in [7, 11) is 3.67. The van der Waals surface area contributed by atoms with Crippen molar-refractivity contribution in [2.75, 3.05) is 39.2 Å². The predicted molar refractivity (Wildman–Crippen MR) is 128 cm³/mol. The van der Waals surface area contributed by atoms with E-state index in [4.69, 9.17) is 21.1 Å². The van der Waals surface area contributed by atoms with Crippen LogP contribution in [0.1, 0.15) is 22.5 Å². The fourth-order valence-corrected chi connectivity index (χ4v) is 4.58. The molecular weight excluding hydrogens is 442 g/mol. The first-order chi connectivity index (χ1) is 16.1. The number of hydrogen-bond acceptors (Lipinski definition) is 6. The number of halogens is 1. The number of carbonyl (C=O) groups excluding carboxylic acids is 1. The second-order valence-corrected chi connectivity index (χ2v) is 8.69. The highest BCUT2D eigenvalue weighted by molar-refractivity contribution is 6.32. The average molecular weight is 468 g/mol. The molecule has 33 heavy (non-hydrogen) atoms. The molecule has 1 saturated heterocycles. The van der Waals surface area contributed by atoms with Gasteiger partial charge in [-0.1, -0.05) is 17.7 Å². The van der Waals surface area contributed by atoms with Crippen molar-refractivity contribution in [2.24, 2.45) is 0 Å². The molecule has 9 heteroatoms. The number of carbonyl (C=O) groups is 1. The number of para-hydroxylation sites is 1. The number of aromatic amines is 1. The third kappa shape index (κ3) is 4.00. The van der Waals surface area contributed by atoms with Crippen molar-refractivity contribution < 1.29 is 14.3 Å². The van der Waals surface area contributed by atoms with E-state index in [0.29, 0.717) is 59.1 Å². The molecule has 1 aromatic carbocycles. The number of amides is 1. The Balaban J connectivity index is 1.58. The summed E-state index contributed by atoms with van der Waals surface area (Å²) in [5.41, 5.74) is 4.37. The number of benzene rings is 1. The standard InChI is InChI=1S/C24H26ClN5O3/c1-30-11-8-14(30)13-33-19-12-26-9-6-15(19)21-22(20-17(28-21)7-10-27-24(20)31)29-18-5-3-4-16(25)23(18)32-2/h3-6,9,12,14,28-29H,7-8,10-11,13H2,1-2H3,(H,27,31)/t14-/m0/s1. The topological polar surface area (TPSA) is 91.5 Å². The van der Waals surface area contributed by atoms with E-state index in [1.165, 1.54) is 0 Å². The van der Waals surface area contributed by atoms with E-state index in [2.05, 4.69) is 32.5 Å². The summed E-state index contributed by atoms with van der Waals surface area (Å²) in [6, 6.07) is 7.76. The average Bonchev–Trinajstić information content (AvgIpc) is 3.18. The molecule has 0 radical (unpaired) electrons. The van der Waals surface area contributed by atoms with Gasteiger partial charge in [-0.15, -0.1) is 0 Å². The van der Waals surface area contributed by atoms with Gasteiger partial charge in [-0.2, -0.15) is 0 Å². The van der Waals surface area contributed by atoms with Crippen LogP contribution in [0.4, 0.5) is 11.4 Å². The number of aromatic nitrogens is 2. The summed E-state index contributed by atoms with van der Waals surface area (Å²) in [6.07, 6.45) is 5.26. The van der Waals surface area contributed by atoms with Gasteiger partial charge in [0.05, 0.1) is 41.0 Å². The zero-order valence-electron chi connectivity index (χ0n) is 18.6. The van der Waals surface area contributed by atoms with E-state index in [1.807, 2.05) is 18.2 Å². The third-order valence-electron chi connectivity index (χ3n) is 6.32. The fraction of sp³-hybridized carbons (Fsp3) is 0.333. The van der Waals surface area contributed by atoms with E-state index in [-0.39, 0.29) is 5.91 Å². The van der Waals surface area contributed by atoms with Crippen LogP contribution >= 0.6 is 11.6 Å². The van der Waals surface area contributed by atoms with Crippen LogP contribution in [0.15, 0.2) is 36.7 Å². The minimum atomic E-state index is -0.130. The first kappa shape index (κ1) is 21.6. The number of likely N-dealkylation sites (tertiary alicyclic amines) is 1. The van der Waals surface area contributed by atoms with E-state index in [9.17, 15) is 4.79 Å². The van der Waals surface area contributed by atoms with Crippen LogP contribution in [0, 0.1) is 0 Å². The van der Waals surface area contributed by atoms with Crippen LogP contribution in [-0.2, 0) is 6.42 Å². The molecule has 2 aliphatic rings. The summed E-state index contributed by atoms with van der Waals surface area (Å²) >= 11 is 6.34. The van der Waals surface area contributed by atoms with Crippen molar-refractivity contribution >= 4 is 28.9 Å². The van der Waals surface area contributed by atoms with E-state index < -0.39 is 0 Å². The number of methoxy groups -OCH3 is 1. The maximum absolute atomic E-state index is 12.9. The van der Waals surface area contributed by atoms with E-state index in [0.717, 1.165) is 29.9 Å². The van der Waals surface area contributed by atoms with Gasteiger partial charge in [-0.25, -0.2) is 0 Å². The molecule has 3 aromatic rings. The van der Waals surface area contributed by atoms with Crippen molar-refractivity contribution in [1.29, 1.82) is 0 Å². The Morgan fingerprint density at radius 2 is 2.21 bits per heavy atom. The molecule has 2 aromatic heterocycles. The highest BCUT2D eigenvalue weighted by Crippen LogP contribution is 2.42. The molecule has 0 aliphatic carbocycles. The zero-order valence-corrected chi connectivity index (χ0v) is 19.3. The summed E-state index contributed by atoms with van der Waals surface area (Å²) < 4.78 is 11.7. The van der Waals surface area contributed by atoms with Gasteiger partial charge in [-0.3, -0.25) is 14.7 Å². The largest absolute Gasteiger partial charge is 0.493 e. The molecule has 0 spiro atoms. The van der Waals surface area contributed by atoms with Crippen molar-refractivity contribution in [3.8, 4) is 22.8 Å². The van der Waals surface area contributed by atoms with Gasteiger partial charge in [0.2, 0.25) is 0 Å². The van der Waals surface area contributed by atoms with Crippen LogP contribution in [0.25, 0.3) is 11.3 Å². The Bertz CT molecular complexity index is 1190. The minimum absolute atomic E-state index is 0.130. The number of fused-ring (bicyclic) bond motifs is 1. The lowest BCUT2D eigenvalue weighted by molar-refractivity contribution is 0.0769. The monoisotopic (exact) mass is 467 g/mol. The van der Waals surface area contributed by atoms with Gasteiger partial charge in [0.15, 0.2) is 5.75 Å². The molecule has 0 saturated carbocycles. The second kappa shape index (κ2) is 8.96. The Morgan fingerprint density at radius 3 is 2.97 bits per heavy atom. The number of ether oxygens (including phenoxy) is 2. The molecular formula is C24H26ClN5O3. The fourth-order valence-electron chi connectivity index (χ4n) is 4.32. The molecule has 2 aliphatic heterocycles. The molecule has 8 nitrogen and oxygen atoms in total. The summed E-state index contributed by atoms with van der Waals surface area (Å²) in [5.74, 6) is 1.04. The second-order valence-electron chi connectivity index (χ2n) is 8.29. The quantitative estimate of drug-likeness (QED) is 0.489. The smallest absolute Gasteiger partial charge is 0.255 e. The molecule has 172 valence electrons. The van der Waals surface area contributed by atoms with E-state index in [1.54, 1.807) is 25.6 Å². The van der Waals surface area contributed by atoms with Gasteiger partial charge in [-0.05, 0) is 38.2 Å². The molecule has 1 fully saturated rings. The lowest BCUT2D eigenvalue weighted by atomic mass is 10.0. The molecule has 4 heterocycles.